The molecule has 1 aliphatic heterocycles. The number of rotatable bonds is 9. The first-order valence-electron chi connectivity index (χ1n) is 10.5. The molecule has 0 aliphatic carbocycles. The predicted octanol–water partition coefficient (Wildman–Crippen LogP) is 4.50. The van der Waals surface area contributed by atoms with E-state index in [0.29, 0.717) is 24.5 Å². The molecule has 2 N–H and O–H groups in total. The van der Waals surface area contributed by atoms with Crippen LogP contribution >= 0.6 is 23.1 Å². The van der Waals surface area contributed by atoms with Crippen LogP contribution in [-0.4, -0.2) is 60.3 Å². The lowest BCUT2D eigenvalue weighted by Gasteiger charge is -2.33. The minimum atomic E-state index is -3.41. The number of amides is 1. The number of halogens is 2. The molecular weight excluding hydrogens is 468 g/mol. The molecule has 1 saturated heterocycles. The number of alkyl halides is 2. The van der Waals surface area contributed by atoms with Crippen LogP contribution in [0, 0.1) is 0 Å². The maximum absolute atomic E-state index is 14.6. The van der Waals surface area contributed by atoms with Gasteiger partial charge in [0.25, 0.3) is 5.24 Å². The molecule has 0 radical (unpaired) electrons. The number of thiophene rings is 1. The second-order valence-corrected chi connectivity index (χ2v) is 9.80. The van der Waals surface area contributed by atoms with Crippen LogP contribution in [0.15, 0.2) is 54.6 Å². The van der Waals surface area contributed by atoms with E-state index in [9.17, 15) is 18.7 Å². The fourth-order valence-electron chi connectivity index (χ4n) is 3.61. The van der Waals surface area contributed by atoms with E-state index in [-0.39, 0.29) is 16.8 Å². The average Bonchev–Trinajstić information content (AvgIpc) is 3.51. The van der Waals surface area contributed by atoms with Crippen molar-refractivity contribution in [2.75, 3.05) is 12.3 Å². The topological polar surface area (TPSA) is 95.0 Å². The second-order valence-electron chi connectivity index (χ2n) is 7.59. The molecule has 2 atom stereocenters. The first-order chi connectivity index (χ1) is 15.9. The number of H-pyrrole nitrogens is 1. The Hall–Kier alpha value is -2.63. The van der Waals surface area contributed by atoms with Gasteiger partial charge in [-0.3, -0.25) is 4.79 Å². The zero-order valence-corrected chi connectivity index (χ0v) is 19.2. The molecule has 0 bridgehead atoms. The fraction of sp³-hybridized carbons (Fsp3) is 0.364. The summed E-state index contributed by atoms with van der Waals surface area (Å²) in [6.07, 6.45) is 2.83. The number of hydrogen-bond acceptors (Lipinski definition) is 7. The number of benzene rings is 1. The van der Waals surface area contributed by atoms with Gasteiger partial charge in [-0.1, -0.05) is 54.2 Å². The number of aryl methyl sites for hydroxylation is 1. The van der Waals surface area contributed by atoms with Gasteiger partial charge in [0, 0.05) is 22.7 Å². The molecule has 4 rings (SSSR count). The highest BCUT2D eigenvalue weighted by Crippen LogP contribution is 2.33. The molecule has 0 saturated carbocycles. The molecule has 11 heteroatoms. The van der Waals surface area contributed by atoms with Gasteiger partial charge in [-0.25, -0.2) is 0 Å². The van der Waals surface area contributed by atoms with Crippen molar-refractivity contribution in [1.82, 2.24) is 25.5 Å². The minimum Gasteiger partial charge on any atom is -0.382 e. The molecule has 3 heterocycles. The van der Waals surface area contributed by atoms with E-state index in [1.54, 1.807) is 28.4 Å². The van der Waals surface area contributed by atoms with Gasteiger partial charge in [0.1, 0.15) is 6.10 Å². The highest BCUT2D eigenvalue weighted by molar-refractivity contribution is 8.13. The van der Waals surface area contributed by atoms with Gasteiger partial charge in [0.2, 0.25) is 5.82 Å². The molecule has 1 amide bonds. The lowest BCUT2D eigenvalue weighted by atomic mass is 10.0. The molecule has 0 unspecified atom stereocenters. The summed E-state index contributed by atoms with van der Waals surface area (Å²) in [5.41, 5.74) is -0.245. The standard InChI is InChI=1S/C22H23F2N5O2S2/c23-22(24,15-5-2-1-3-6-15)19(30)11-8-16-12-14-32-21(31)29(16)13-4-7-17-9-10-18(33-17)20-25-27-28-26-20/h1-3,5-6,8-11,16,19,30H,4,7,12-14H2,(H,25,26,27,28)/t16-,19+/m0/s1. The first-order valence-corrected chi connectivity index (χ1v) is 12.3. The highest BCUT2D eigenvalue weighted by atomic mass is 32.2. The van der Waals surface area contributed by atoms with Crippen LogP contribution in [-0.2, 0) is 12.3 Å². The van der Waals surface area contributed by atoms with Gasteiger partial charge < -0.3 is 10.0 Å². The number of aromatic nitrogens is 4. The van der Waals surface area contributed by atoms with Crippen LogP contribution in [0.25, 0.3) is 10.7 Å². The van der Waals surface area contributed by atoms with Crippen LogP contribution in [0.5, 0.6) is 0 Å². The molecule has 1 aromatic carbocycles. The van der Waals surface area contributed by atoms with Gasteiger partial charge in [0.15, 0.2) is 0 Å². The Bertz CT molecular complexity index is 1080. The number of aliphatic hydroxyl groups excluding tert-OH is 1. The number of aromatic amines is 1. The maximum Gasteiger partial charge on any atom is 0.302 e. The minimum absolute atomic E-state index is 0.0705. The van der Waals surface area contributed by atoms with Crippen molar-refractivity contribution >= 4 is 28.3 Å². The van der Waals surface area contributed by atoms with Crippen molar-refractivity contribution in [1.29, 1.82) is 0 Å². The smallest absolute Gasteiger partial charge is 0.302 e. The van der Waals surface area contributed by atoms with Crippen LogP contribution in [0.1, 0.15) is 23.3 Å². The lowest BCUT2D eigenvalue weighted by molar-refractivity contribution is -0.0929. The Labute approximate surface area is 197 Å². The summed E-state index contributed by atoms with van der Waals surface area (Å²) in [6.45, 7) is 0.501. The number of aliphatic hydroxyl groups is 1. The van der Waals surface area contributed by atoms with Crippen LogP contribution in [0.4, 0.5) is 13.6 Å². The summed E-state index contributed by atoms with van der Waals surface area (Å²) in [7, 11) is 0. The van der Waals surface area contributed by atoms with E-state index in [2.05, 4.69) is 20.6 Å². The number of nitrogens with zero attached hydrogens (tertiary/aromatic N) is 4. The van der Waals surface area contributed by atoms with Crippen molar-refractivity contribution in [2.24, 2.45) is 0 Å². The zero-order chi connectivity index (χ0) is 23.3. The number of carbonyl (C=O) groups excluding carboxylic acids is 1. The number of tetrazole rings is 1. The summed E-state index contributed by atoms with van der Waals surface area (Å²) in [6, 6.07) is 10.9. The number of carbonyl (C=O) groups is 1. The van der Waals surface area contributed by atoms with Crippen LogP contribution in [0.2, 0.25) is 0 Å². The van der Waals surface area contributed by atoms with Gasteiger partial charge in [-0.15, -0.1) is 21.5 Å². The van der Waals surface area contributed by atoms with Crippen LogP contribution in [0.3, 0.4) is 0 Å². The zero-order valence-electron chi connectivity index (χ0n) is 17.6. The molecule has 1 aliphatic rings. The van der Waals surface area contributed by atoms with Crippen LogP contribution < -0.4 is 0 Å². The molecule has 3 aromatic rings. The quantitative estimate of drug-likeness (QED) is 0.428. The third-order valence-corrected chi connectivity index (χ3v) is 7.43. The van der Waals surface area contributed by atoms with E-state index in [1.807, 2.05) is 12.1 Å². The third kappa shape index (κ3) is 5.66. The normalized spacial score (nSPS) is 18.2. The van der Waals surface area contributed by atoms with E-state index >= 15 is 0 Å². The Morgan fingerprint density at radius 3 is 2.85 bits per heavy atom. The maximum atomic E-state index is 14.6. The highest BCUT2D eigenvalue weighted by Gasteiger charge is 2.39. The SMILES string of the molecule is O=C1SCC[C@H](C=C[C@@H](O)C(F)(F)c2ccccc2)N1CCCc1ccc(-c2nn[nH]n2)s1. The molecule has 7 nitrogen and oxygen atoms in total. The first kappa shape index (κ1) is 23.5. The van der Waals surface area contributed by atoms with Gasteiger partial charge in [-0.2, -0.15) is 14.0 Å². The number of hydrogen-bond donors (Lipinski definition) is 2. The summed E-state index contributed by atoms with van der Waals surface area (Å²) in [4.78, 5) is 16.2. The van der Waals surface area contributed by atoms with E-state index < -0.39 is 12.0 Å². The number of thioether (sulfide) groups is 1. The van der Waals surface area contributed by atoms with E-state index in [1.165, 1.54) is 36.0 Å². The molecule has 1 fully saturated rings. The van der Waals surface area contributed by atoms with Crippen molar-refractivity contribution in [3.63, 3.8) is 0 Å². The van der Waals surface area contributed by atoms with Gasteiger partial charge in [0.05, 0.1) is 10.9 Å². The second kappa shape index (κ2) is 10.5. The Morgan fingerprint density at radius 1 is 1.27 bits per heavy atom. The molecule has 2 aromatic heterocycles. The Kier molecular flexibility index (Phi) is 7.51. The fourth-order valence-corrected chi connectivity index (χ4v) is 5.51. The van der Waals surface area contributed by atoms with Crippen molar-refractivity contribution < 1.29 is 18.7 Å². The summed E-state index contributed by atoms with van der Waals surface area (Å²) >= 11 is 2.80. The summed E-state index contributed by atoms with van der Waals surface area (Å²) in [5.74, 6) is -2.25. The molecule has 0 spiro atoms. The van der Waals surface area contributed by atoms with E-state index in [0.717, 1.165) is 28.7 Å². The monoisotopic (exact) mass is 491 g/mol. The summed E-state index contributed by atoms with van der Waals surface area (Å²) in [5, 5.41) is 24.0. The predicted molar refractivity (Wildman–Crippen MR) is 124 cm³/mol. The average molecular weight is 492 g/mol. The van der Waals surface area contributed by atoms with Crippen molar-refractivity contribution in [3.05, 3.63) is 65.1 Å². The molecular formula is C22H23F2N5O2S2. The summed E-state index contributed by atoms with van der Waals surface area (Å²) < 4.78 is 29.1. The molecule has 174 valence electrons. The van der Waals surface area contributed by atoms with E-state index in [4.69, 9.17) is 0 Å². The molecule has 33 heavy (non-hydrogen) atoms. The lowest BCUT2D eigenvalue weighted by Crippen LogP contribution is -2.42. The third-order valence-electron chi connectivity index (χ3n) is 5.37. The number of nitrogens with one attached hydrogen (secondary N) is 1. The van der Waals surface area contributed by atoms with Crippen molar-refractivity contribution in [2.45, 2.75) is 37.3 Å². The largest absolute Gasteiger partial charge is 0.382 e. The van der Waals surface area contributed by atoms with Gasteiger partial charge >= 0.3 is 5.92 Å². The Morgan fingerprint density at radius 2 is 2.09 bits per heavy atom. The van der Waals surface area contributed by atoms with Crippen molar-refractivity contribution in [3.8, 4) is 10.7 Å². The Balaban J connectivity index is 1.36. The van der Waals surface area contributed by atoms with Gasteiger partial charge in [-0.05, 0) is 36.6 Å².